The van der Waals surface area contributed by atoms with E-state index in [1.165, 1.54) is 24.3 Å². The fourth-order valence-electron chi connectivity index (χ4n) is 1.40. The average molecular weight is 263 g/mol. The number of aromatic nitrogens is 2. The molecular formula is C12H8ClFN4. The third kappa shape index (κ3) is 2.39. The minimum absolute atomic E-state index is 0.00975. The fourth-order valence-corrected chi connectivity index (χ4v) is 1.58. The van der Waals surface area contributed by atoms with Gasteiger partial charge in [0.15, 0.2) is 5.82 Å². The highest BCUT2D eigenvalue weighted by molar-refractivity contribution is 6.31. The number of hydrogen-bond donors (Lipinski definition) is 1. The van der Waals surface area contributed by atoms with Crippen molar-refractivity contribution >= 4 is 17.4 Å². The number of halogens is 2. The van der Waals surface area contributed by atoms with Gasteiger partial charge in [-0.15, -0.1) is 0 Å². The molecule has 2 rings (SSSR count). The van der Waals surface area contributed by atoms with Gasteiger partial charge in [-0.05, 0) is 18.2 Å². The first-order valence-electron chi connectivity index (χ1n) is 5.06. The molecule has 90 valence electrons. The van der Waals surface area contributed by atoms with E-state index in [1.807, 2.05) is 6.07 Å². The number of rotatable bonds is 2. The van der Waals surface area contributed by atoms with Gasteiger partial charge in [-0.2, -0.15) is 5.26 Å². The summed E-state index contributed by atoms with van der Waals surface area (Å²) in [7, 11) is 1.69. The van der Waals surface area contributed by atoms with Crippen molar-refractivity contribution < 1.29 is 4.39 Å². The number of anilines is 1. The van der Waals surface area contributed by atoms with Crippen LogP contribution >= 0.6 is 11.6 Å². The largest absolute Gasteiger partial charge is 0.373 e. The maximum atomic E-state index is 13.1. The fraction of sp³-hybridized carbons (Fsp3) is 0.0833. The normalized spacial score (nSPS) is 9.89. The summed E-state index contributed by atoms with van der Waals surface area (Å²) < 4.78 is 13.1. The van der Waals surface area contributed by atoms with E-state index in [2.05, 4.69) is 15.3 Å². The molecule has 1 aromatic heterocycles. The SMILES string of the molecule is CNc1cc(C#N)nc(-c2ccc(F)c(Cl)c2)n1. The molecule has 1 heterocycles. The second-order valence-corrected chi connectivity index (χ2v) is 3.86. The molecule has 6 heteroatoms. The highest BCUT2D eigenvalue weighted by Gasteiger charge is 2.08. The first-order chi connectivity index (χ1) is 8.63. The third-order valence-electron chi connectivity index (χ3n) is 2.27. The number of benzene rings is 1. The minimum atomic E-state index is -0.509. The molecule has 0 atom stereocenters. The van der Waals surface area contributed by atoms with Gasteiger partial charge in [-0.3, -0.25) is 0 Å². The zero-order valence-electron chi connectivity index (χ0n) is 9.41. The molecule has 0 radical (unpaired) electrons. The zero-order chi connectivity index (χ0) is 13.1. The van der Waals surface area contributed by atoms with Gasteiger partial charge in [0, 0.05) is 18.7 Å². The topological polar surface area (TPSA) is 61.6 Å². The predicted octanol–water partition coefficient (Wildman–Crippen LogP) is 2.85. The Kier molecular flexibility index (Phi) is 3.40. The van der Waals surface area contributed by atoms with Crippen LogP contribution in [0, 0.1) is 17.1 Å². The number of nitrogens with zero attached hydrogens (tertiary/aromatic N) is 3. The summed E-state index contributed by atoms with van der Waals surface area (Å²) in [4.78, 5) is 8.23. The van der Waals surface area contributed by atoms with Crippen LogP contribution in [0.4, 0.5) is 10.2 Å². The predicted molar refractivity (Wildman–Crippen MR) is 66.7 cm³/mol. The molecule has 0 aliphatic heterocycles. The molecule has 0 fully saturated rings. The molecule has 0 saturated carbocycles. The summed E-state index contributed by atoms with van der Waals surface area (Å²) in [5.74, 6) is 0.322. The number of nitriles is 1. The first kappa shape index (κ1) is 12.3. The highest BCUT2D eigenvalue weighted by atomic mass is 35.5. The Morgan fingerprint density at radius 2 is 2.11 bits per heavy atom. The molecule has 18 heavy (non-hydrogen) atoms. The lowest BCUT2D eigenvalue weighted by molar-refractivity contribution is 0.628. The van der Waals surface area contributed by atoms with Gasteiger partial charge in [0.25, 0.3) is 0 Å². The van der Waals surface area contributed by atoms with Gasteiger partial charge in [-0.1, -0.05) is 11.6 Å². The lowest BCUT2D eigenvalue weighted by Gasteiger charge is -2.05. The Morgan fingerprint density at radius 1 is 1.33 bits per heavy atom. The van der Waals surface area contributed by atoms with Gasteiger partial charge in [0.2, 0.25) is 0 Å². The van der Waals surface area contributed by atoms with E-state index < -0.39 is 5.82 Å². The van der Waals surface area contributed by atoms with Gasteiger partial charge >= 0.3 is 0 Å². The smallest absolute Gasteiger partial charge is 0.163 e. The monoisotopic (exact) mass is 262 g/mol. The second-order valence-electron chi connectivity index (χ2n) is 3.45. The van der Waals surface area contributed by atoms with Crippen LogP contribution in [0.3, 0.4) is 0 Å². The third-order valence-corrected chi connectivity index (χ3v) is 2.56. The van der Waals surface area contributed by atoms with Crippen molar-refractivity contribution in [2.45, 2.75) is 0 Å². The minimum Gasteiger partial charge on any atom is -0.373 e. The van der Waals surface area contributed by atoms with Crippen molar-refractivity contribution in [2.75, 3.05) is 12.4 Å². The summed E-state index contributed by atoms with van der Waals surface area (Å²) in [6.45, 7) is 0. The molecule has 0 spiro atoms. The standard InChI is InChI=1S/C12H8ClFN4/c1-16-11-5-8(6-15)17-12(18-11)7-2-3-10(14)9(13)4-7/h2-5H,1H3,(H,16,17,18). The van der Waals surface area contributed by atoms with E-state index in [4.69, 9.17) is 16.9 Å². The molecule has 0 saturated heterocycles. The quantitative estimate of drug-likeness (QED) is 0.904. The van der Waals surface area contributed by atoms with Crippen molar-refractivity contribution in [1.82, 2.24) is 9.97 Å². The van der Waals surface area contributed by atoms with Gasteiger partial charge < -0.3 is 5.32 Å². The molecular weight excluding hydrogens is 255 g/mol. The maximum Gasteiger partial charge on any atom is 0.163 e. The Morgan fingerprint density at radius 3 is 2.72 bits per heavy atom. The molecule has 0 aliphatic carbocycles. The van der Waals surface area contributed by atoms with E-state index >= 15 is 0 Å². The second kappa shape index (κ2) is 4.98. The zero-order valence-corrected chi connectivity index (χ0v) is 10.2. The van der Waals surface area contributed by atoms with E-state index in [1.54, 1.807) is 7.05 Å². The Bertz CT molecular complexity index is 636. The van der Waals surface area contributed by atoms with Gasteiger partial charge in [0.1, 0.15) is 23.4 Å². The molecule has 1 N–H and O–H groups in total. The van der Waals surface area contributed by atoms with E-state index in [-0.39, 0.29) is 10.7 Å². The van der Waals surface area contributed by atoms with Gasteiger partial charge in [-0.25, -0.2) is 14.4 Å². The van der Waals surface area contributed by atoms with E-state index in [0.29, 0.717) is 17.2 Å². The van der Waals surface area contributed by atoms with Crippen LogP contribution in [0.1, 0.15) is 5.69 Å². The lowest BCUT2D eigenvalue weighted by atomic mass is 10.2. The summed E-state index contributed by atoms with van der Waals surface area (Å²) >= 11 is 5.70. The molecule has 0 amide bonds. The molecule has 0 bridgehead atoms. The van der Waals surface area contributed by atoms with E-state index in [9.17, 15) is 4.39 Å². The summed E-state index contributed by atoms with van der Waals surface area (Å²) in [6.07, 6.45) is 0. The Hall–Kier alpha value is -2.19. The van der Waals surface area contributed by atoms with Gasteiger partial charge in [0.05, 0.1) is 5.02 Å². The number of hydrogen-bond acceptors (Lipinski definition) is 4. The molecule has 4 nitrogen and oxygen atoms in total. The summed E-state index contributed by atoms with van der Waals surface area (Å²) in [6, 6.07) is 7.63. The van der Waals surface area contributed by atoms with Crippen LogP contribution in [-0.2, 0) is 0 Å². The Labute approximate surface area is 108 Å². The van der Waals surface area contributed by atoms with Crippen LogP contribution in [0.5, 0.6) is 0 Å². The highest BCUT2D eigenvalue weighted by Crippen LogP contribution is 2.23. The average Bonchev–Trinajstić information content (AvgIpc) is 2.41. The van der Waals surface area contributed by atoms with E-state index in [0.717, 1.165) is 0 Å². The van der Waals surface area contributed by atoms with Crippen LogP contribution in [-0.4, -0.2) is 17.0 Å². The molecule has 2 aromatic rings. The van der Waals surface area contributed by atoms with Crippen LogP contribution < -0.4 is 5.32 Å². The summed E-state index contributed by atoms with van der Waals surface area (Å²) in [5, 5.41) is 11.7. The van der Waals surface area contributed by atoms with Crippen molar-refractivity contribution in [3.8, 4) is 17.5 Å². The van der Waals surface area contributed by atoms with Crippen LogP contribution in [0.2, 0.25) is 5.02 Å². The van der Waals surface area contributed by atoms with Crippen LogP contribution in [0.25, 0.3) is 11.4 Å². The summed E-state index contributed by atoms with van der Waals surface area (Å²) in [5.41, 5.74) is 0.778. The van der Waals surface area contributed by atoms with Crippen molar-refractivity contribution in [3.05, 3.63) is 40.8 Å². The maximum absolute atomic E-state index is 13.1. The lowest BCUT2D eigenvalue weighted by Crippen LogP contribution is -1.99. The van der Waals surface area contributed by atoms with Crippen molar-refractivity contribution in [3.63, 3.8) is 0 Å². The first-order valence-corrected chi connectivity index (χ1v) is 5.44. The molecule has 0 unspecified atom stereocenters. The van der Waals surface area contributed by atoms with Crippen LogP contribution in [0.15, 0.2) is 24.3 Å². The molecule has 0 aliphatic rings. The molecule has 1 aromatic carbocycles. The Balaban J connectivity index is 2.56. The van der Waals surface area contributed by atoms with Crippen molar-refractivity contribution in [1.29, 1.82) is 5.26 Å². The van der Waals surface area contributed by atoms with Crippen molar-refractivity contribution in [2.24, 2.45) is 0 Å². The number of nitrogens with one attached hydrogen (secondary N) is 1.